The van der Waals surface area contributed by atoms with Crippen molar-refractivity contribution in [1.29, 1.82) is 0 Å². The molecule has 0 amide bonds. The molecule has 25 heavy (non-hydrogen) atoms. The van der Waals surface area contributed by atoms with E-state index in [0.717, 1.165) is 10.7 Å². The normalized spacial score (nSPS) is 11.5. The van der Waals surface area contributed by atoms with Crippen LogP contribution in [0, 0.1) is 0 Å². The lowest BCUT2D eigenvalue weighted by molar-refractivity contribution is 1.03. The molecule has 4 rings (SSSR count). The number of hydrogen-bond donors (Lipinski definition) is 2. The van der Waals surface area contributed by atoms with Crippen LogP contribution in [-0.4, -0.2) is 29.9 Å². The van der Waals surface area contributed by atoms with Crippen molar-refractivity contribution in [3.63, 3.8) is 0 Å². The predicted octanol–water partition coefficient (Wildman–Crippen LogP) is 3.73. The van der Waals surface area contributed by atoms with Gasteiger partial charge in [0.05, 0.1) is 23.6 Å². The Kier molecular flexibility index (Phi) is 3.86. The lowest BCUT2D eigenvalue weighted by Crippen LogP contribution is -2.05. The fraction of sp³-hybridized carbons (Fsp3) is 0.0625. The maximum absolute atomic E-state index is 7.93. The first-order valence-electron chi connectivity index (χ1n) is 7.75. The Bertz CT molecular complexity index is 1100. The Morgan fingerprint density at radius 3 is 2.92 bits per heavy atom. The molecule has 0 unspecified atom stereocenters. The number of hydrogen-bond acceptors (Lipinski definition) is 6. The summed E-state index contributed by atoms with van der Waals surface area (Å²) in [6.45, 7) is 0.394. The lowest BCUT2D eigenvalue weighted by atomic mass is 10.2. The molecule has 4 aromatic heterocycles. The molecule has 0 radical (unpaired) electrons. The highest BCUT2D eigenvalue weighted by Gasteiger charge is 2.12. The molecule has 0 saturated heterocycles. The fourth-order valence-corrected chi connectivity index (χ4v) is 2.66. The average Bonchev–Trinajstić information content (AvgIpc) is 3.01. The summed E-state index contributed by atoms with van der Waals surface area (Å²) in [5.41, 5.74) is 2.25. The van der Waals surface area contributed by atoms with Crippen molar-refractivity contribution in [2.75, 3.05) is 5.32 Å². The Morgan fingerprint density at radius 1 is 1.16 bits per heavy atom. The van der Waals surface area contributed by atoms with Crippen molar-refractivity contribution < 1.29 is 1.41 Å². The minimum absolute atomic E-state index is 0.372. The zero-order valence-corrected chi connectivity index (χ0v) is 14.2. The summed E-state index contributed by atoms with van der Waals surface area (Å²) in [5.74, 6) is 0.876. The van der Waals surface area contributed by atoms with Gasteiger partial charge in [0.2, 0.25) is 0 Å². The average molecular weight is 373 g/mol. The molecule has 7 nitrogen and oxygen atoms in total. The zero-order chi connectivity index (χ0) is 18.1. The third-order valence-electron chi connectivity index (χ3n) is 3.41. The second-order valence-corrected chi connectivity index (χ2v) is 5.96. The van der Waals surface area contributed by atoms with E-state index in [1.807, 2.05) is 12.1 Å². The van der Waals surface area contributed by atoms with Crippen molar-refractivity contribution in [3.05, 3.63) is 58.9 Å². The largest absolute Gasteiger partial charge is 0.362 e. The van der Waals surface area contributed by atoms with E-state index in [1.165, 1.54) is 12.5 Å². The minimum Gasteiger partial charge on any atom is -0.362 e. The Balaban J connectivity index is 1.75. The first kappa shape index (κ1) is 14.6. The molecule has 2 N–H and O–H groups in total. The van der Waals surface area contributed by atoms with Gasteiger partial charge in [0.1, 0.15) is 10.7 Å². The quantitative estimate of drug-likeness (QED) is 0.530. The van der Waals surface area contributed by atoms with Crippen molar-refractivity contribution in [2.24, 2.45) is 0 Å². The van der Waals surface area contributed by atoms with Gasteiger partial charge < -0.3 is 10.3 Å². The highest BCUT2D eigenvalue weighted by atomic mass is 35.5. The smallest absolute Gasteiger partial charge is 0.169 e. The molecule has 0 aliphatic rings. The van der Waals surface area contributed by atoms with Crippen molar-refractivity contribution in [2.45, 2.75) is 6.54 Å². The maximum Gasteiger partial charge on any atom is 0.169 e. The fourth-order valence-electron chi connectivity index (χ4n) is 2.30. The number of aromatic amines is 1. The first-order valence-corrected chi connectivity index (χ1v) is 8.06. The molecular weight excluding hydrogens is 361 g/mol. The maximum atomic E-state index is 7.93. The van der Waals surface area contributed by atoms with E-state index in [9.17, 15) is 0 Å². The van der Waals surface area contributed by atoms with E-state index in [-0.39, 0.29) is 0 Å². The number of nitrogens with one attached hydrogen (secondary N) is 2. The second-order valence-electron chi connectivity index (χ2n) is 5.14. The molecule has 0 atom stereocenters. The number of fused-ring (bicyclic) bond motifs is 1. The lowest BCUT2D eigenvalue weighted by Gasteiger charge is -2.08. The molecule has 0 aliphatic heterocycles. The third kappa shape index (κ3) is 3.38. The zero-order valence-electron chi connectivity index (χ0n) is 13.7. The molecule has 0 aromatic carbocycles. The van der Waals surface area contributed by atoms with Crippen LogP contribution in [0.25, 0.3) is 22.6 Å². The summed E-state index contributed by atoms with van der Waals surface area (Å²) in [7, 11) is 0. The molecule has 0 spiro atoms. The SMILES string of the molecule is [2H]n1cnc2c(NCc3cccc(Cl)n3)nc(-c3cncc(Cl)c3)nc21. The molecule has 0 saturated carbocycles. The monoisotopic (exact) mass is 372 g/mol. The van der Waals surface area contributed by atoms with Gasteiger partial charge in [-0.1, -0.05) is 29.3 Å². The molecule has 4 heterocycles. The summed E-state index contributed by atoms with van der Waals surface area (Å²) in [6.07, 6.45) is 4.50. The molecular formula is C16H11Cl2N7. The molecule has 0 fully saturated rings. The first-order chi connectivity index (χ1) is 12.6. The van der Waals surface area contributed by atoms with Crippen molar-refractivity contribution in [1.82, 2.24) is 29.9 Å². The predicted molar refractivity (Wildman–Crippen MR) is 96.5 cm³/mol. The summed E-state index contributed by atoms with van der Waals surface area (Å²) in [5, 5.41) is 4.07. The highest BCUT2D eigenvalue weighted by Crippen LogP contribution is 2.24. The van der Waals surface area contributed by atoms with E-state index in [2.05, 4.69) is 30.2 Å². The van der Waals surface area contributed by atoms with Crippen LogP contribution in [-0.2, 0) is 6.54 Å². The number of aromatic nitrogens is 6. The van der Waals surface area contributed by atoms with E-state index >= 15 is 0 Å². The Morgan fingerprint density at radius 2 is 2.08 bits per heavy atom. The van der Waals surface area contributed by atoms with Crippen LogP contribution in [0.3, 0.4) is 0 Å². The van der Waals surface area contributed by atoms with Crippen molar-refractivity contribution in [3.8, 4) is 11.4 Å². The molecule has 0 aliphatic carbocycles. The molecule has 0 bridgehead atoms. The minimum atomic E-state index is 0.372. The number of imidazole rings is 1. The number of halogens is 2. The summed E-state index contributed by atoms with van der Waals surface area (Å²) in [4.78, 5) is 22.5. The molecule has 124 valence electrons. The summed E-state index contributed by atoms with van der Waals surface area (Å²) >= 11 is 11.9. The topological polar surface area (TPSA) is 92.3 Å². The van der Waals surface area contributed by atoms with Gasteiger partial charge in [0.15, 0.2) is 18.7 Å². The van der Waals surface area contributed by atoms with Gasteiger partial charge in [-0.2, -0.15) is 0 Å². The standard InChI is InChI=1S/C16H11Cl2N7/c17-10-4-9(5-19-6-10)14-24-15(13-16(25-14)22-8-21-13)20-7-11-2-1-3-12(18)23-11/h1-6,8H,7H2,(H2,20,21,22,24,25)/i/hD. The van der Waals surface area contributed by atoms with Crippen LogP contribution in [0.4, 0.5) is 5.82 Å². The van der Waals surface area contributed by atoms with Gasteiger partial charge in [-0.25, -0.2) is 19.9 Å². The molecule has 9 heteroatoms. The Hall–Kier alpha value is -2.77. The van der Waals surface area contributed by atoms with Crippen LogP contribution in [0.5, 0.6) is 0 Å². The highest BCUT2D eigenvalue weighted by molar-refractivity contribution is 6.30. The van der Waals surface area contributed by atoms with Crippen LogP contribution < -0.4 is 5.32 Å². The van der Waals surface area contributed by atoms with Crippen LogP contribution >= 0.6 is 23.2 Å². The van der Waals surface area contributed by atoms with E-state index in [4.69, 9.17) is 24.6 Å². The molecule has 4 aromatic rings. The van der Waals surface area contributed by atoms with Crippen LogP contribution in [0.2, 0.25) is 11.6 Å². The van der Waals surface area contributed by atoms with Gasteiger partial charge in [-0.3, -0.25) is 4.98 Å². The summed E-state index contributed by atoms with van der Waals surface area (Å²) < 4.78 is 7.93. The van der Waals surface area contributed by atoms with Crippen LogP contribution in [0.15, 0.2) is 43.0 Å². The number of nitrogens with zero attached hydrogens (tertiary/aromatic N) is 5. The number of anilines is 1. The number of H-pyrrole nitrogens is 1. The second kappa shape index (κ2) is 6.62. The van der Waals surface area contributed by atoms with Crippen LogP contribution in [0.1, 0.15) is 5.69 Å². The number of pyridine rings is 2. The summed E-state index contributed by atoms with van der Waals surface area (Å²) in [6, 6.07) is 7.09. The third-order valence-corrected chi connectivity index (χ3v) is 3.82. The van der Waals surface area contributed by atoms with Gasteiger partial charge in [0, 0.05) is 18.0 Å². The van der Waals surface area contributed by atoms with E-state index in [0.29, 0.717) is 45.1 Å². The van der Waals surface area contributed by atoms with E-state index in [1.54, 1.807) is 18.3 Å². The van der Waals surface area contributed by atoms with Gasteiger partial charge in [-0.05, 0) is 18.2 Å². The van der Waals surface area contributed by atoms with Gasteiger partial charge >= 0.3 is 0 Å². The van der Waals surface area contributed by atoms with Crippen molar-refractivity contribution >= 4 is 40.2 Å². The van der Waals surface area contributed by atoms with Gasteiger partial charge in [0.25, 0.3) is 0 Å². The van der Waals surface area contributed by atoms with E-state index < -0.39 is 0 Å². The number of rotatable bonds is 4. The van der Waals surface area contributed by atoms with Gasteiger partial charge in [-0.15, -0.1) is 0 Å². The Labute approximate surface area is 154 Å².